The third kappa shape index (κ3) is 5.24. The highest BCUT2D eigenvalue weighted by Gasteiger charge is 2.25. The van der Waals surface area contributed by atoms with Crippen LogP contribution in [0.5, 0.6) is 0 Å². The van der Waals surface area contributed by atoms with Gasteiger partial charge in [-0.25, -0.2) is 4.79 Å². The molecule has 0 spiro atoms. The Kier molecular flexibility index (Phi) is 6.92. The van der Waals surface area contributed by atoms with Gasteiger partial charge in [0.05, 0.1) is 6.07 Å². The molecule has 0 fully saturated rings. The predicted molar refractivity (Wildman–Crippen MR) is 75.2 cm³/mol. The molecule has 2 N–H and O–H groups in total. The summed E-state index contributed by atoms with van der Waals surface area (Å²) in [6, 6.07) is 9.76. The molecule has 0 saturated carbocycles. The van der Waals surface area contributed by atoms with E-state index in [9.17, 15) is 9.59 Å². The number of unbranched alkanes of at least 4 members (excludes halogenated alkanes) is 1. The number of nitriles is 1. The van der Waals surface area contributed by atoms with Crippen LogP contribution >= 0.6 is 0 Å². The van der Waals surface area contributed by atoms with E-state index in [0.29, 0.717) is 12.0 Å². The number of hydrogen-bond donors (Lipinski definition) is 2. The SMILES string of the molecule is CO[C@@H](C(=O)N[C@@H](CCCC#N)C(=O)O)c1ccccc1. The molecule has 6 heteroatoms. The second-order valence-corrected chi connectivity index (χ2v) is 4.48. The van der Waals surface area contributed by atoms with E-state index >= 15 is 0 Å². The van der Waals surface area contributed by atoms with Crippen LogP contribution in [-0.2, 0) is 14.3 Å². The average molecular weight is 290 g/mol. The van der Waals surface area contributed by atoms with Crippen molar-refractivity contribution in [3.05, 3.63) is 35.9 Å². The maximum atomic E-state index is 12.2. The second-order valence-electron chi connectivity index (χ2n) is 4.48. The van der Waals surface area contributed by atoms with Gasteiger partial charge in [-0.2, -0.15) is 5.26 Å². The monoisotopic (exact) mass is 290 g/mol. The number of hydrogen-bond acceptors (Lipinski definition) is 4. The van der Waals surface area contributed by atoms with E-state index in [0.717, 1.165) is 0 Å². The van der Waals surface area contributed by atoms with Gasteiger partial charge in [-0.05, 0) is 18.4 Å². The maximum Gasteiger partial charge on any atom is 0.326 e. The summed E-state index contributed by atoms with van der Waals surface area (Å²) in [4.78, 5) is 23.3. The minimum absolute atomic E-state index is 0.208. The summed E-state index contributed by atoms with van der Waals surface area (Å²) in [6.45, 7) is 0. The van der Waals surface area contributed by atoms with Gasteiger partial charge in [0.1, 0.15) is 6.04 Å². The number of benzene rings is 1. The Morgan fingerprint density at radius 1 is 1.38 bits per heavy atom. The first kappa shape index (κ1) is 16.7. The molecule has 1 aromatic carbocycles. The third-order valence-corrected chi connectivity index (χ3v) is 2.97. The van der Waals surface area contributed by atoms with Gasteiger partial charge in [-0.15, -0.1) is 0 Å². The number of methoxy groups -OCH3 is 1. The summed E-state index contributed by atoms with van der Waals surface area (Å²) in [5, 5.41) is 20.0. The maximum absolute atomic E-state index is 12.2. The lowest BCUT2D eigenvalue weighted by Gasteiger charge is -2.19. The molecule has 0 bridgehead atoms. The lowest BCUT2D eigenvalue weighted by molar-refractivity contribution is -0.144. The first-order valence-electron chi connectivity index (χ1n) is 6.58. The van der Waals surface area contributed by atoms with Gasteiger partial charge in [0.2, 0.25) is 0 Å². The lowest BCUT2D eigenvalue weighted by atomic mass is 10.1. The molecule has 0 aromatic heterocycles. The number of amides is 1. The summed E-state index contributed by atoms with van der Waals surface area (Å²) in [5.74, 6) is -1.63. The number of carbonyl (C=O) groups is 2. The molecule has 2 atom stereocenters. The fourth-order valence-corrected chi connectivity index (χ4v) is 1.91. The highest BCUT2D eigenvalue weighted by molar-refractivity contribution is 5.87. The molecule has 21 heavy (non-hydrogen) atoms. The Hall–Kier alpha value is -2.39. The van der Waals surface area contributed by atoms with Crippen molar-refractivity contribution in [2.75, 3.05) is 7.11 Å². The zero-order valence-electron chi connectivity index (χ0n) is 11.8. The van der Waals surface area contributed by atoms with Crippen LogP contribution in [0.1, 0.15) is 30.9 Å². The molecule has 112 valence electrons. The number of aliphatic carboxylic acids is 1. The summed E-state index contributed by atoms with van der Waals surface area (Å²) in [7, 11) is 1.39. The minimum Gasteiger partial charge on any atom is -0.480 e. The zero-order chi connectivity index (χ0) is 15.7. The molecule has 0 aliphatic heterocycles. The number of ether oxygens (including phenoxy) is 1. The van der Waals surface area contributed by atoms with Gasteiger partial charge < -0.3 is 15.2 Å². The first-order chi connectivity index (χ1) is 10.1. The first-order valence-corrected chi connectivity index (χ1v) is 6.58. The molecular weight excluding hydrogens is 272 g/mol. The standard InChI is InChI=1S/C15H18N2O4/c1-21-13(11-7-3-2-4-8-11)14(18)17-12(15(19)20)9-5-6-10-16/h2-4,7-8,12-13H,5-6,9H2,1H3,(H,17,18)(H,19,20)/t12-,13+/m0/s1. The van der Waals surface area contributed by atoms with Crippen molar-refractivity contribution in [2.24, 2.45) is 0 Å². The Bertz CT molecular complexity index is 510. The van der Waals surface area contributed by atoms with E-state index in [1.807, 2.05) is 12.1 Å². The van der Waals surface area contributed by atoms with Crippen LogP contribution < -0.4 is 5.32 Å². The van der Waals surface area contributed by atoms with E-state index in [2.05, 4.69) is 5.32 Å². The van der Waals surface area contributed by atoms with Gasteiger partial charge in [-0.3, -0.25) is 4.79 Å². The Morgan fingerprint density at radius 2 is 2.05 bits per heavy atom. The average Bonchev–Trinajstić information content (AvgIpc) is 2.48. The predicted octanol–water partition coefficient (Wildman–Crippen LogP) is 1.64. The minimum atomic E-state index is -1.12. The lowest BCUT2D eigenvalue weighted by Crippen LogP contribution is -2.43. The van der Waals surface area contributed by atoms with Crippen molar-refractivity contribution in [1.82, 2.24) is 5.32 Å². The molecule has 6 nitrogen and oxygen atoms in total. The summed E-state index contributed by atoms with van der Waals surface area (Å²) >= 11 is 0. The Balaban J connectivity index is 2.71. The van der Waals surface area contributed by atoms with Gasteiger partial charge in [0, 0.05) is 13.5 Å². The van der Waals surface area contributed by atoms with Crippen LogP contribution in [0.4, 0.5) is 0 Å². The summed E-state index contributed by atoms with van der Waals surface area (Å²) in [6.07, 6.45) is 0.0202. The van der Waals surface area contributed by atoms with Crippen molar-refractivity contribution >= 4 is 11.9 Å². The molecule has 0 aliphatic carbocycles. The van der Waals surface area contributed by atoms with Crippen LogP contribution in [0.25, 0.3) is 0 Å². The van der Waals surface area contributed by atoms with Crippen molar-refractivity contribution in [3.63, 3.8) is 0 Å². The highest BCUT2D eigenvalue weighted by Crippen LogP contribution is 2.16. The fraction of sp³-hybridized carbons (Fsp3) is 0.400. The van der Waals surface area contributed by atoms with Gasteiger partial charge >= 0.3 is 5.97 Å². The summed E-state index contributed by atoms with van der Waals surface area (Å²) < 4.78 is 5.15. The number of nitrogens with zero attached hydrogens (tertiary/aromatic N) is 1. The van der Waals surface area contributed by atoms with Crippen LogP contribution in [0.15, 0.2) is 30.3 Å². The number of carbonyl (C=O) groups excluding carboxylic acids is 1. The van der Waals surface area contributed by atoms with Gasteiger partial charge in [0.15, 0.2) is 6.10 Å². The molecular formula is C15H18N2O4. The largest absolute Gasteiger partial charge is 0.480 e. The molecule has 0 aliphatic rings. The third-order valence-electron chi connectivity index (χ3n) is 2.97. The molecule has 0 radical (unpaired) electrons. The highest BCUT2D eigenvalue weighted by atomic mass is 16.5. The molecule has 1 rings (SSSR count). The molecule has 0 saturated heterocycles. The second kappa shape index (κ2) is 8.72. The van der Waals surface area contributed by atoms with E-state index in [1.54, 1.807) is 24.3 Å². The van der Waals surface area contributed by atoms with Crippen LogP contribution in [0, 0.1) is 11.3 Å². The van der Waals surface area contributed by atoms with Gasteiger partial charge in [0.25, 0.3) is 5.91 Å². The van der Waals surface area contributed by atoms with Crippen molar-refractivity contribution in [2.45, 2.75) is 31.4 Å². The Labute approximate surface area is 123 Å². The number of carboxylic acids is 1. The number of rotatable bonds is 8. The van der Waals surface area contributed by atoms with Crippen LogP contribution in [0.2, 0.25) is 0 Å². The van der Waals surface area contributed by atoms with Crippen molar-refractivity contribution in [1.29, 1.82) is 5.26 Å². The van der Waals surface area contributed by atoms with Crippen LogP contribution in [0.3, 0.4) is 0 Å². The van der Waals surface area contributed by atoms with E-state index in [1.165, 1.54) is 7.11 Å². The van der Waals surface area contributed by atoms with Gasteiger partial charge in [-0.1, -0.05) is 30.3 Å². The topological polar surface area (TPSA) is 99.4 Å². The molecule has 1 amide bonds. The van der Waals surface area contributed by atoms with E-state index < -0.39 is 24.0 Å². The quantitative estimate of drug-likeness (QED) is 0.709. The zero-order valence-corrected chi connectivity index (χ0v) is 11.8. The van der Waals surface area contributed by atoms with Crippen molar-refractivity contribution in [3.8, 4) is 6.07 Å². The summed E-state index contributed by atoms with van der Waals surface area (Å²) in [5.41, 5.74) is 0.652. The Morgan fingerprint density at radius 3 is 2.57 bits per heavy atom. The molecule has 0 heterocycles. The van der Waals surface area contributed by atoms with Crippen LogP contribution in [-0.4, -0.2) is 30.1 Å². The molecule has 0 unspecified atom stereocenters. The number of carboxylic acid groups (broad SMARTS) is 1. The van der Waals surface area contributed by atoms with Crippen molar-refractivity contribution < 1.29 is 19.4 Å². The van der Waals surface area contributed by atoms with E-state index in [-0.39, 0.29) is 12.8 Å². The van der Waals surface area contributed by atoms with E-state index in [4.69, 9.17) is 15.1 Å². The smallest absolute Gasteiger partial charge is 0.326 e. The molecule has 1 aromatic rings. The fourth-order valence-electron chi connectivity index (χ4n) is 1.91. The number of nitrogens with one attached hydrogen (secondary N) is 1. The normalized spacial score (nSPS) is 13.0.